The number of hydrogen-bond donors (Lipinski definition) is 0. The van der Waals surface area contributed by atoms with Gasteiger partial charge in [0.05, 0.1) is 5.41 Å². The van der Waals surface area contributed by atoms with Crippen LogP contribution in [0.25, 0.3) is 0 Å². The van der Waals surface area contributed by atoms with Crippen molar-refractivity contribution in [1.29, 1.82) is 0 Å². The van der Waals surface area contributed by atoms with Crippen LogP contribution in [0, 0.1) is 0 Å². The molecule has 2 aromatic carbocycles. The van der Waals surface area contributed by atoms with Crippen LogP contribution in [-0.2, 0) is 10.8 Å². The van der Waals surface area contributed by atoms with Gasteiger partial charge in [0.15, 0.2) is 0 Å². The van der Waals surface area contributed by atoms with E-state index < -0.39 is 11.6 Å². The molecule has 0 amide bonds. The molecule has 2 rings (SSSR count). The minimum Gasteiger partial charge on any atom is -0.170 e. The van der Waals surface area contributed by atoms with Gasteiger partial charge in [0, 0.05) is 0 Å². The third kappa shape index (κ3) is 5.42. The van der Waals surface area contributed by atoms with Crippen LogP contribution in [0.2, 0.25) is 0 Å². The molecule has 0 saturated carbocycles. The summed E-state index contributed by atoms with van der Waals surface area (Å²) in [5, 5.41) is 0. The Hall–Kier alpha value is -1.77. The Morgan fingerprint density at radius 2 is 0.913 bits per heavy atom. The topological polar surface area (TPSA) is 0 Å². The summed E-state index contributed by atoms with van der Waals surface area (Å²) in [6.45, 7) is 9.04. The standard InChI is InChI=1S/C10H11F3.C10H14/c1-9(2,10(11,12)13)8-6-4-3-5-7-8;1-10(2,3)9-7-5-4-6-8-9/h3-7H,1-2H3;4-8H,1-3H3. The molecule has 0 fully saturated rings. The Kier molecular flexibility index (Phi) is 6.04. The van der Waals surface area contributed by atoms with Gasteiger partial charge in [-0.05, 0) is 30.4 Å². The van der Waals surface area contributed by atoms with Crippen LogP contribution < -0.4 is 0 Å². The number of rotatable bonds is 1. The summed E-state index contributed by atoms with van der Waals surface area (Å²) in [6.07, 6.45) is -4.20. The smallest absolute Gasteiger partial charge is 0.170 e. The van der Waals surface area contributed by atoms with E-state index in [1.807, 2.05) is 0 Å². The number of benzene rings is 2. The number of hydrogen-bond acceptors (Lipinski definition) is 0. The predicted octanol–water partition coefficient (Wildman–Crippen LogP) is 6.51. The summed E-state index contributed by atoms with van der Waals surface area (Å²) < 4.78 is 37.6. The van der Waals surface area contributed by atoms with Gasteiger partial charge in [-0.3, -0.25) is 0 Å². The van der Waals surface area contributed by atoms with Crippen LogP contribution in [0.1, 0.15) is 45.7 Å². The van der Waals surface area contributed by atoms with Crippen LogP contribution >= 0.6 is 0 Å². The third-order valence-corrected chi connectivity index (χ3v) is 3.84. The average Bonchev–Trinajstić information content (AvgIpc) is 2.48. The van der Waals surface area contributed by atoms with E-state index in [4.69, 9.17) is 0 Å². The molecule has 0 nitrogen and oxygen atoms in total. The lowest BCUT2D eigenvalue weighted by molar-refractivity contribution is -0.180. The van der Waals surface area contributed by atoms with Crippen molar-refractivity contribution in [3.05, 3.63) is 71.8 Å². The van der Waals surface area contributed by atoms with Gasteiger partial charge in [0.2, 0.25) is 0 Å². The summed E-state index contributed by atoms with van der Waals surface area (Å²) in [4.78, 5) is 0. The van der Waals surface area contributed by atoms with Gasteiger partial charge in [-0.25, -0.2) is 0 Å². The monoisotopic (exact) mass is 322 g/mol. The highest BCUT2D eigenvalue weighted by atomic mass is 19.4. The first-order chi connectivity index (χ1) is 10.5. The maximum atomic E-state index is 12.5. The van der Waals surface area contributed by atoms with Crippen LogP contribution in [-0.4, -0.2) is 6.18 Å². The van der Waals surface area contributed by atoms with E-state index in [2.05, 4.69) is 51.1 Å². The minimum absolute atomic E-state index is 0.293. The highest BCUT2D eigenvalue weighted by molar-refractivity contribution is 5.25. The SMILES string of the molecule is CC(C)(C)c1ccccc1.CC(C)(c1ccccc1)C(F)(F)F. The molecule has 0 spiro atoms. The molecular weight excluding hydrogens is 297 g/mol. The zero-order chi connectivity index (χ0) is 17.7. The minimum atomic E-state index is -4.20. The molecule has 23 heavy (non-hydrogen) atoms. The number of alkyl halides is 3. The van der Waals surface area contributed by atoms with E-state index >= 15 is 0 Å². The fourth-order valence-electron chi connectivity index (χ4n) is 1.96. The van der Waals surface area contributed by atoms with Crippen molar-refractivity contribution in [3.8, 4) is 0 Å². The first-order valence-corrected chi connectivity index (χ1v) is 7.64. The Bertz CT molecular complexity index is 576. The predicted molar refractivity (Wildman–Crippen MR) is 90.7 cm³/mol. The summed E-state index contributed by atoms with van der Waals surface area (Å²) >= 11 is 0. The van der Waals surface area contributed by atoms with Gasteiger partial charge in [-0.1, -0.05) is 81.4 Å². The Morgan fingerprint density at radius 3 is 1.17 bits per heavy atom. The van der Waals surface area contributed by atoms with Crippen LogP contribution in [0.3, 0.4) is 0 Å². The summed E-state index contributed by atoms with van der Waals surface area (Å²) in [7, 11) is 0. The van der Waals surface area contributed by atoms with Crippen LogP contribution in [0.15, 0.2) is 60.7 Å². The molecule has 0 saturated heterocycles. The first-order valence-electron chi connectivity index (χ1n) is 7.64. The van der Waals surface area contributed by atoms with Gasteiger partial charge >= 0.3 is 6.18 Å². The van der Waals surface area contributed by atoms with E-state index in [1.165, 1.54) is 31.5 Å². The molecule has 0 radical (unpaired) electrons. The quantitative estimate of drug-likeness (QED) is 0.561. The number of halogens is 3. The molecule has 0 aliphatic rings. The highest BCUT2D eigenvalue weighted by Gasteiger charge is 2.48. The zero-order valence-corrected chi connectivity index (χ0v) is 14.4. The molecule has 2 aromatic rings. The van der Waals surface area contributed by atoms with Gasteiger partial charge in [-0.2, -0.15) is 13.2 Å². The third-order valence-electron chi connectivity index (χ3n) is 3.84. The van der Waals surface area contributed by atoms with Crippen LogP contribution in [0.5, 0.6) is 0 Å². The van der Waals surface area contributed by atoms with Crippen molar-refractivity contribution in [2.24, 2.45) is 0 Å². The largest absolute Gasteiger partial charge is 0.397 e. The van der Waals surface area contributed by atoms with Gasteiger partial charge in [-0.15, -0.1) is 0 Å². The van der Waals surface area contributed by atoms with Gasteiger partial charge < -0.3 is 0 Å². The maximum absolute atomic E-state index is 12.5. The van der Waals surface area contributed by atoms with Crippen molar-refractivity contribution in [2.75, 3.05) is 0 Å². The van der Waals surface area contributed by atoms with Crippen molar-refractivity contribution in [1.82, 2.24) is 0 Å². The lowest BCUT2D eigenvalue weighted by Gasteiger charge is -2.28. The molecule has 0 heterocycles. The fourth-order valence-corrected chi connectivity index (χ4v) is 1.96. The molecular formula is C20H25F3. The van der Waals surface area contributed by atoms with Gasteiger partial charge in [0.25, 0.3) is 0 Å². The molecule has 0 bridgehead atoms. The molecule has 0 aromatic heterocycles. The Balaban J connectivity index is 0.000000238. The van der Waals surface area contributed by atoms with E-state index in [-0.39, 0.29) is 0 Å². The molecule has 3 heteroatoms. The van der Waals surface area contributed by atoms with Crippen molar-refractivity contribution in [2.45, 2.75) is 51.6 Å². The van der Waals surface area contributed by atoms with E-state index in [1.54, 1.807) is 18.2 Å². The average molecular weight is 322 g/mol. The normalized spacial score (nSPS) is 12.3. The van der Waals surface area contributed by atoms with Gasteiger partial charge in [0.1, 0.15) is 0 Å². The summed E-state index contributed by atoms with van der Waals surface area (Å²) in [5.74, 6) is 0. The molecule has 0 unspecified atom stereocenters. The van der Waals surface area contributed by atoms with Crippen LogP contribution in [0.4, 0.5) is 13.2 Å². The lowest BCUT2D eigenvalue weighted by Crippen LogP contribution is -2.36. The van der Waals surface area contributed by atoms with Crippen molar-refractivity contribution >= 4 is 0 Å². The highest BCUT2D eigenvalue weighted by Crippen LogP contribution is 2.39. The van der Waals surface area contributed by atoms with E-state index in [0.717, 1.165) is 0 Å². The van der Waals surface area contributed by atoms with E-state index in [9.17, 15) is 13.2 Å². The zero-order valence-electron chi connectivity index (χ0n) is 14.4. The second-order valence-electron chi connectivity index (χ2n) is 7.10. The Labute approximate surface area is 137 Å². The second kappa shape index (κ2) is 7.20. The maximum Gasteiger partial charge on any atom is 0.397 e. The lowest BCUT2D eigenvalue weighted by atomic mass is 9.84. The molecule has 0 N–H and O–H groups in total. The molecule has 0 atom stereocenters. The van der Waals surface area contributed by atoms with E-state index in [0.29, 0.717) is 11.0 Å². The van der Waals surface area contributed by atoms with Crippen molar-refractivity contribution in [3.63, 3.8) is 0 Å². The molecule has 0 aliphatic heterocycles. The second-order valence-corrected chi connectivity index (χ2v) is 7.10. The molecule has 126 valence electrons. The summed E-state index contributed by atoms with van der Waals surface area (Å²) in [5.41, 5.74) is 0.215. The van der Waals surface area contributed by atoms with Crippen molar-refractivity contribution < 1.29 is 13.2 Å². The fraction of sp³-hybridized carbons (Fsp3) is 0.400. The molecule has 0 aliphatic carbocycles. The Morgan fingerprint density at radius 1 is 0.565 bits per heavy atom. The first kappa shape index (κ1) is 19.3. The summed E-state index contributed by atoms with van der Waals surface area (Å²) in [6, 6.07) is 18.5.